The third-order valence-corrected chi connectivity index (χ3v) is 4.70. The fraction of sp³-hybridized carbons (Fsp3) is 0.238. The van der Waals surface area contributed by atoms with Crippen molar-refractivity contribution in [3.05, 3.63) is 65.8 Å². The van der Waals surface area contributed by atoms with E-state index in [9.17, 15) is 9.90 Å². The minimum absolute atomic E-state index is 0.0490. The fourth-order valence-corrected chi connectivity index (χ4v) is 3.01. The van der Waals surface area contributed by atoms with Gasteiger partial charge in [-0.3, -0.25) is 4.79 Å². The van der Waals surface area contributed by atoms with Gasteiger partial charge >= 0.3 is 0 Å². The van der Waals surface area contributed by atoms with E-state index >= 15 is 0 Å². The Morgan fingerprint density at radius 1 is 1.28 bits per heavy atom. The second-order valence-electron chi connectivity index (χ2n) is 6.59. The molecule has 2 aromatic carbocycles. The Morgan fingerprint density at radius 3 is 2.64 bits per heavy atom. The maximum absolute atomic E-state index is 12.5. The second kappa shape index (κ2) is 6.93. The van der Waals surface area contributed by atoms with Crippen LogP contribution in [0.15, 0.2) is 65.3 Å². The summed E-state index contributed by atoms with van der Waals surface area (Å²) in [5.41, 5.74) is 5.85. The van der Waals surface area contributed by atoms with Crippen molar-refractivity contribution in [2.45, 2.75) is 26.7 Å². The number of hydrazone groups is 1. The molecule has 128 valence electrons. The first-order valence-electron chi connectivity index (χ1n) is 8.37. The summed E-state index contributed by atoms with van der Waals surface area (Å²) in [5.74, 6) is -0.110. The van der Waals surface area contributed by atoms with Crippen LogP contribution < -0.4 is 5.43 Å². The van der Waals surface area contributed by atoms with Gasteiger partial charge in [-0.2, -0.15) is 5.10 Å². The van der Waals surface area contributed by atoms with Crippen molar-refractivity contribution in [3.63, 3.8) is 0 Å². The number of fused-ring (bicyclic) bond motifs is 1. The van der Waals surface area contributed by atoms with Gasteiger partial charge < -0.3 is 5.11 Å². The number of aromatic hydroxyl groups is 1. The molecule has 4 nitrogen and oxygen atoms in total. The zero-order valence-corrected chi connectivity index (χ0v) is 14.5. The summed E-state index contributed by atoms with van der Waals surface area (Å²) < 4.78 is 0. The van der Waals surface area contributed by atoms with Gasteiger partial charge in [-0.15, -0.1) is 0 Å². The molecule has 4 heteroatoms. The van der Waals surface area contributed by atoms with Crippen molar-refractivity contribution < 1.29 is 9.90 Å². The van der Waals surface area contributed by atoms with Crippen LogP contribution in [-0.4, -0.2) is 16.7 Å². The summed E-state index contributed by atoms with van der Waals surface area (Å²) in [6, 6.07) is 10.9. The molecule has 1 amide bonds. The minimum atomic E-state index is -0.416. The highest BCUT2D eigenvalue weighted by Gasteiger charge is 2.19. The van der Waals surface area contributed by atoms with Crippen LogP contribution in [0.4, 0.5) is 0 Å². The highest BCUT2D eigenvalue weighted by atomic mass is 16.3. The molecule has 1 aliphatic rings. The third-order valence-electron chi connectivity index (χ3n) is 4.70. The average Bonchev–Trinajstić information content (AvgIpc) is 2.60. The molecule has 3 rings (SSSR count). The first-order valence-corrected chi connectivity index (χ1v) is 8.37. The summed E-state index contributed by atoms with van der Waals surface area (Å²) in [7, 11) is 0. The van der Waals surface area contributed by atoms with E-state index in [1.807, 2.05) is 38.1 Å². The van der Waals surface area contributed by atoms with E-state index in [-0.39, 0.29) is 11.3 Å². The predicted molar refractivity (Wildman–Crippen MR) is 102 cm³/mol. The van der Waals surface area contributed by atoms with Crippen molar-refractivity contribution in [2.75, 3.05) is 0 Å². The second-order valence-corrected chi connectivity index (χ2v) is 6.59. The molecule has 0 bridgehead atoms. The van der Waals surface area contributed by atoms with Crippen LogP contribution >= 0.6 is 0 Å². The molecule has 0 unspecified atom stereocenters. The largest absolute Gasteiger partial charge is 0.507 e. The normalized spacial score (nSPS) is 18.9. The molecule has 0 aromatic heterocycles. The van der Waals surface area contributed by atoms with Gasteiger partial charge in [0.25, 0.3) is 5.91 Å². The maximum Gasteiger partial charge on any atom is 0.275 e. The summed E-state index contributed by atoms with van der Waals surface area (Å²) in [4.78, 5) is 12.5. The van der Waals surface area contributed by atoms with Crippen molar-refractivity contribution >= 4 is 22.4 Å². The number of allylic oxidation sites excluding steroid dienone is 3. The molecule has 0 fully saturated rings. The molecule has 0 saturated heterocycles. The van der Waals surface area contributed by atoms with Gasteiger partial charge in [0.2, 0.25) is 0 Å². The molecule has 2 aromatic rings. The van der Waals surface area contributed by atoms with Crippen molar-refractivity contribution in [1.82, 2.24) is 5.43 Å². The van der Waals surface area contributed by atoms with Gasteiger partial charge in [-0.05, 0) is 61.1 Å². The Bertz CT molecular complexity index is 909. The summed E-state index contributed by atoms with van der Waals surface area (Å²) >= 11 is 0. The van der Waals surface area contributed by atoms with Gasteiger partial charge in [0, 0.05) is 0 Å². The smallest absolute Gasteiger partial charge is 0.275 e. The molecule has 0 heterocycles. The first kappa shape index (κ1) is 17.0. The van der Waals surface area contributed by atoms with E-state index in [1.54, 1.807) is 12.1 Å². The third kappa shape index (κ3) is 3.63. The molecule has 0 saturated carbocycles. The summed E-state index contributed by atoms with van der Waals surface area (Å²) in [5, 5.41) is 16.2. The average molecular weight is 334 g/mol. The monoisotopic (exact) mass is 334 g/mol. The standard InChI is InChI=1S/C21H22N2O2/c1-13(2)15-9-8-14(3)19(11-15)22-23-21(25)18-10-16-6-4-5-7-17(16)12-20(18)24/h4-8,10,12,15,24H,1,9,11H2,2-3H3,(H,23,25)/b22-19+/t15-/m0/s1. The number of hydrogen-bond acceptors (Lipinski definition) is 3. The lowest BCUT2D eigenvalue weighted by atomic mass is 9.85. The summed E-state index contributed by atoms with van der Waals surface area (Å²) in [6.07, 6.45) is 3.85. The van der Waals surface area contributed by atoms with Gasteiger partial charge in [0.05, 0.1) is 11.3 Å². The van der Waals surface area contributed by atoms with Crippen LogP contribution in [0.2, 0.25) is 0 Å². The highest BCUT2D eigenvalue weighted by molar-refractivity contribution is 6.04. The molecular weight excluding hydrogens is 312 g/mol. The first-order chi connectivity index (χ1) is 12.0. The van der Waals surface area contributed by atoms with Gasteiger partial charge in [-0.25, -0.2) is 5.43 Å². The number of amides is 1. The molecule has 0 spiro atoms. The molecule has 2 N–H and O–H groups in total. The number of phenolic OH excluding ortho intramolecular Hbond substituents is 1. The highest BCUT2D eigenvalue weighted by Crippen LogP contribution is 2.27. The topological polar surface area (TPSA) is 61.7 Å². The Morgan fingerprint density at radius 2 is 1.96 bits per heavy atom. The van der Waals surface area contributed by atoms with E-state index in [0.29, 0.717) is 5.92 Å². The van der Waals surface area contributed by atoms with Crippen molar-refractivity contribution in [2.24, 2.45) is 11.0 Å². The molecule has 1 aliphatic carbocycles. The van der Waals surface area contributed by atoms with Gasteiger partial charge in [0.15, 0.2) is 0 Å². The molecule has 0 radical (unpaired) electrons. The molecular formula is C21H22N2O2. The van der Waals surface area contributed by atoms with Crippen LogP contribution in [0.5, 0.6) is 5.75 Å². The zero-order chi connectivity index (χ0) is 18.0. The summed E-state index contributed by atoms with van der Waals surface area (Å²) in [6.45, 7) is 8.03. The molecule has 1 atom stereocenters. The SMILES string of the molecule is C=C(C)[C@H]1CC=C(C)/C(=N/NC(=O)c2cc3ccccc3cc2O)C1. The number of phenols is 1. The van der Waals surface area contributed by atoms with E-state index in [0.717, 1.165) is 40.5 Å². The minimum Gasteiger partial charge on any atom is -0.507 e. The van der Waals surface area contributed by atoms with Crippen LogP contribution in [0, 0.1) is 5.92 Å². The number of carbonyl (C=O) groups is 1. The zero-order valence-electron chi connectivity index (χ0n) is 14.5. The van der Waals surface area contributed by atoms with Crippen LogP contribution in [0.25, 0.3) is 10.8 Å². The number of nitrogens with one attached hydrogen (secondary N) is 1. The molecule has 25 heavy (non-hydrogen) atoms. The predicted octanol–water partition coefficient (Wildman–Crippen LogP) is 4.56. The Hall–Kier alpha value is -2.88. The van der Waals surface area contributed by atoms with Crippen molar-refractivity contribution in [3.8, 4) is 5.75 Å². The Kier molecular flexibility index (Phi) is 4.70. The maximum atomic E-state index is 12.5. The molecule has 0 aliphatic heterocycles. The van der Waals surface area contributed by atoms with Crippen LogP contribution in [0.3, 0.4) is 0 Å². The number of nitrogens with zero attached hydrogens (tertiary/aromatic N) is 1. The quantitative estimate of drug-likeness (QED) is 0.638. The van der Waals surface area contributed by atoms with Crippen LogP contribution in [0.1, 0.15) is 37.0 Å². The number of benzene rings is 2. The van der Waals surface area contributed by atoms with Gasteiger partial charge in [-0.1, -0.05) is 42.5 Å². The Labute approximate surface area is 147 Å². The van der Waals surface area contributed by atoms with Crippen molar-refractivity contribution in [1.29, 1.82) is 0 Å². The lowest BCUT2D eigenvalue weighted by Gasteiger charge is -2.22. The van der Waals surface area contributed by atoms with E-state index in [4.69, 9.17) is 0 Å². The number of rotatable bonds is 3. The lowest BCUT2D eigenvalue weighted by Crippen LogP contribution is -2.23. The van der Waals surface area contributed by atoms with E-state index in [1.165, 1.54) is 0 Å². The number of carbonyl (C=O) groups excluding carboxylic acids is 1. The van der Waals surface area contributed by atoms with Gasteiger partial charge in [0.1, 0.15) is 5.75 Å². The number of hydrogen-bond donors (Lipinski definition) is 2. The van der Waals surface area contributed by atoms with Crippen LogP contribution in [-0.2, 0) is 0 Å². The van der Waals surface area contributed by atoms with E-state index < -0.39 is 5.91 Å². The Balaban J connectivity index is 1.82. The van der Waals surface area contributed by atoms with E-state index in [2.05, 4.69) is 23.2 Å². The fourth-order valence-electron chi connectivity index (χ4n) is 3.01. The lowest BCUT2D eigenvalue weighted by molar-refractivity contribution is 0.0952.